The van der Waals surface area contributed by atoms with E-state index in [0.29, 0.717) is 12.3 Å². The molecule has 0 aromatic heterocycles. The zero-order chi connectivity index (χ0) is 14.7. The van der Waals surface area contributed by atoms with Gasteiger partial charge in [0.2, 0.25) is 5.91 Å². The van der Waals surface area contributed by atoms with E-state index in [2.05, 4.69) is 21.2 Å². The minimum atomic E-state index is 0.196. The molecule has 108 valence electrons. The molecule has 1 N–H and O–H groups in total. The van der Waals surface area contributed by atoms with Crippen LogP contribution in [0.1, 0.15) is 6.42 Å². The molecule has 1 aliphatic heterocycles. The lowest BCUT2D eigenvalue weighted by Crippen LogP contribution is -2.25. The van der Waals surface area contributed by atoms with Crippen molar-refractivity contribution in [2.24, 2.45) is 5.92 Å². The molecule has 0 bridgehead atoms. The van der Waals surface area contributed by atoms with E-state index in [0.717, 1.165) is 28.9 Å². The molecule has 4 heteroatoms. The van der Waals surface area contributed by atoms with Crippen molar-refractivity contribution in [3.05, 3.63) is 54.6 Å². The highest BCUT2D eigenvalue weighted by molar-refractivity contribution is 9.09. The average Bonchev–Trinajstić information content (AvgIpc) is 2.90. The Morgan fingerprint density at radius 1 is 1.10 bits per heavy atom. The van der Waals surface area contributed by atoms with Gasteiger partial charge in [0.1, 0.15) is 0 Å². The van der Waals surface area contributed by atoms with Crippen molar-refractivity contribution in [2.75, 3.05) is 22.1 Å². The van der Waals surface area contributed by atoms with Gasteiger partial charge in [0, 0.05) is 24.0 Å². The number of rotatable bonds is 4. The highest BCUT2D eigenvalue weighted by Gasteiger charge is 2.30. The topological polar surface area (TPSA) is 32.3 Å². The van der Waals surface area contributed by atoms with Gasteiger partial charge in [0.05, 0.1) is 11.4 Å². The molecule has 2 aromatic carbocycles. The van der Waals surface area contributed by atoms with Gasteiger partial charge in [0.25, 0.3) is 0 Å². The molecule has 21 heavy (non-hydrogen) atoms. The van der Waals surface area contributed by atoms with Gasteiger partial charge in [0.15, 0.2) is 0 Å². The van der Waals surface area contributed by atoms with E-state index in [1.165, 1.54) is 0 Å². The van der Waals surface area contributed by atoms with Gasteiger partial charge in [-0.2, -0.15) is 0 Å². The van der Waals surface area contributed by atoms with Gasteiger partial charge in [-0.05, 0) is 30.2 Å². The number of alkyl halides is 1. The van der Waals surface area contributed by atoms with Crippen molar-refractivity contribution in [2.45, 2.75) is 6.42 Å². The van der Waals surface area contributed by atoms with E-state index >= 15 is 0 Å². The minimum Gasteiger partial charge on any atom is -0.354 e. The van der Waals surface area contributed by atoms with Crippen LogP contribution in [0.3, 0.4) is 0 Å². The predicted octanol–water partition coefficient (Wildman–Crippen LogP) is 4.18. The summed E-state index contributed by atoms with van der Waals surface area (Å²) in [5.41, 5.74) is 2.94. The van der Waals surface area contributed by atoms with Crippen LogP contribution in [-0.4, -0.2) is 17.8 Å². The maximum Gasteiger partial charge on any atom is 0.227 e. The Kier molecular flexibility index (Phi) is 4.25. The number of nitrogens with one attached hydrogen (secondary N) is 1. The number of carbonyl (C=O) groups is 1. The molecule has 1 saturated heterocycles. The molecule has 2 aromatic rings. The van der Waals surface area contributed by atoms with Gasteiger partial charge in [-0.15, -0.1) is 0 Å². The Morgan fingerprint density at radius 3 is 2.52 bits per heavy atom. The van der Waals surface area contributed by atoms with E-state index < -0.39 is 0 Å². The van der Waals surface area contributed by atoms with E-state index in [-0.39, 0.29) is 5.91 Å². The highest BCUT2D eigenvalue weighted by Crippen LogP contribution is 2.33. The van der Waals surface area contributed by atoms with Gasteiger partial charge in [-0.25, -0.2) is 0 Å². The van der Waals surface area contributed by atoms with Gasteiger partial charge < -0.3 is 10.2 Å². The Bertz CT molecular complexity index is 630. The van der Waals surface area contributed by atoms with Crippen LogP contribution in [0.2, 0.25) is 0 Å². The number of halogens is 1. The summed E-state index contributed by atoms with van der Waals surface area (Å²) in [5.74, 6) is 0.587. The van der Waals surface area contributed by atoms with Crippen LogP contribution in [-0.2, 0) is 4.79 Å². The normalized spacial score (nSPS) is 18.0. The number of para-hydroxylation sites is 3. The standard InChI is InChI=1S/C17H17BrN2O/c18-11-13-10-17(21)20(12-13)16-9-5-4-8-15(16)19-14-6-2-1-3-7-14/h1-9,13,19H,10-12H2. The van der Waals surface area contributed by atoms with E-state index in [9.17, 15) is 4.79 Å². The molecule has 0 spiro atoms. The molecule has 1 unspecified atom stereocenters. The molecular weight excluding hydrogens is 328 g/mol. The molecule has 0 radical (unpaired) electrons. The number of amides is 1. The second-order valence-corrected chi connectivity index (χ2v) is 5.88. The zero-order valence-corrected chi connectivity index (χ0v) is 13.2. The van der Waals surface area contributed by atoms with Crippen LogP contribution in [0.25, 0.3) is 0 Å². The van der Waals surface area contributed by atoms with Crippen molar-refractivity contribution in [1.82, 2.24) is 0 Å². The molecule has 0 saturated carbocycles. The van der Waals surface area contributed by atoms with Gasteiger partial charge in [-0.1, -0.05) is 46.3 Å². The summed E-state index contributed by atoms with van der Waals surface area (Å²) in [5, 5.41) is 4.26. The second-order valence-electron chi connectivity index (χ2n) is 5.24. The maximum atomic E-state index is 12.2. The molecule has 0 aliphatic carbocycles. The van der Waals surface area contributed by atoms with Crippen LogP contribution in [0.15, 0.2) is 54.6 Å². The lowest BCUT2D eigenvalue weighted by atomic mass is 10.2. The Morgan fingerprint density at radius 2 is 1.81 bits per heavy atom. The van der Waals surface area contributed by atoms with Crippen LogP contribution in [0.4, 0.5) is 17.1 Å². The fraction of sp³-hybridized carbons (Fsp3) is 0.235. The Hall–Kier alpha value is -1.81. The van der Waals surface area contributed by atoms with E-state index in [1.807, 2.05) is 59.5 Å². The fourth-order valence-electron chi connectivity index (χ4n) is 2.61. The molecular formula is C17H17BrN2O. The largest absolute Gasteiger partial charge is 0.354 e. The van der Waals surface area contributed by atoms with Crippen LogP contribution >= 0.6 is 15.9 Å². The van der Waals surface area contributed by atoms with Crippen LogP contribution in [0, 0.1) is 5.92 Å². The smallest absolute Gasteiger partial charge is 0.227 e. The lowest BCUT2D eigenvalue weighted by molar-refractivity contribution is -0.117. The molecule has 1 atom stereocenters. The quantitative estimate of drug-likeness (QED) is 0.844. The Balaban J connectivity index is 1.88. The summed E-state index contributed by atoms with van der Waals surface area (Å²) in [6.45, 7) is 0.775. The summed E-state index contributed by atoms with van der Waals surface area (Å²) in [6.07, 6.45) is 0.616. The molecule has 3 rings (SSSR count). The van der Waals surface area contributed by atoms with Gasteiger partial charge >= 0.3 is 0 Å². The van der Waals surface area contributed by atoms with Crippen molar-refractivity contribution < 1.29 is 4.79 Å². The Labute approximate surface area is 133 Å². The minimum absolute atomic E-state index is 0.196. The third-order valence-corrected chi connectivity index (χ3v) is 4.59. The first-order valence-electron chi connectivity index (χ1n) is 7.05. The molecule has 1 fully saturated rings. The first-order chi connectivity index (χ1) is 10.3. The third-order valence-electron chi connectivity index (χ3n) is 3.67. The number of hydrogen-bond donors (Lipinski definition) is 1. The SMILES string of the molecule is O=C1CC(CBr)CN1c1ccccc1Nc1ccccc1. The summed E-state index contributed by atoms with van der Waals surface area (Å²) in [4.78, 5) is 14.1. The highest BCUT2D eigenvalue weighted by atomic mass is 79.9. The zero-order valence-electron chi connectivity index (χ0n) is 11.6. The van der Waals surface area contributed by atoms with Crippen molar-refractivity contribution >= 4 is 38.9 Å². The number of carbonyl (C=O) groups excluding carboxylic acids is 1. The average molecular weight is 345 g/mol. The first kappa shape index (κ1) is 14.1. The van der Waals surface area contributed by atoms with Crippen molar-refractivity contribution in [3.8, 4) is 0 Å². The van der Waals surface area contributed by atoms with Crippen LogP contribution < -0.4 is 10.2 Å². The fourth-order valence-corrected chi connectivity index (χ4v) is 3.04. The molecule has 1 aliphatic rings. The van der Waals surface area contributed by atoms with Crippen molar-refractivity contribution in [3.63, 3.8) is 0 Å². The van der Waals surface area contributed by atoms with E-state index in [1.54, 1.807) is 0 Å². The number of benzene rings is 2. The first-order valence-corrected chi connectivity index (χ1v) is 8.17. The van der Waals surface area contributed by atoms with E-state index in [4.69, 9.17) is 0 Å². The third kappa shape index (κ3) is 3.10. The molecule has 3 nitrogen and oxygen atoms in total. The number of nitrogens with zero attached hydrogens (tertiary/aromatic N) is 1. The lowest BCUT2D eigenvalue weighted by Gasteiger charge is -2.21. The summed E-state index contributed by atoms with van der Waals surface area (Å²) in [7, 11) is 0. The monoisotopic (exact) mass is 344 g/mol. The summed E-state index contributed by atoms with van der Waals surface area (Å²) < 4.78 is 0. The maximum absolute atomic E-state index is 12.2. The second kappa shape index (κ2) is 6.31. The number of anilines is 3. The molecule has 1 heterocycles. The summed E-state index contributed by atoms with van der Waals surface area (Å²) in [6, 6.07) is 18.0. The number of hydrogen-bond acceptors (Lipinski definition) is 2. The molecule has 1 amide bonds. The van der Waals surface area contributed by atoms with Crippen molar-refractivity contribution in [1.29, 1.82) is 0 Å². The van der Waals surface area contributed by atoms with Crippen LogP contribution in [0.5, 0.6) is 0 Å². The van der Waals surface area contributed by atoms with Gasteiger partial charge in [-0.3, -0.25) is 4.79 Å². The summed E-state index contributed by atoms with van der Waals surface area (Å²) >= 11 is 3.48. The predicted molar refractivity (Wildman–Crippen MR) is 90.4 cm³/mol.